The lowest BCUT2D eigenvalue weighted by atomic mass is 10.2. The summed E-state index contributed by atoms with van der Waals surface area (Å²) in [6.07, 6.45) is 1.47. The second-order valence-corrected chi connectivity index (χ2v) is 6.34. The van der Waals surface area contributed by atoms with Crippen molar-refractivity contribution in [2.24, 2.45) is 0 Å². The van der Waals surface area contributed by atoms with E-state index in [9.17, 15) is 4.79 Å². The highest BCUT2D eigenvalue weighted by molar-refractivity contribution is 7.07. The van der Waals surface area contributed by atoms with Gasteiger partial charge in [-0.2, -0.15) is 0 Å². The zero-order chi connectivity index (χ0) is 16.9. The number of carbonyl (C=O) groups excluding carboxylic acids is 1. The first-order valence-corrected chi connectivity index (χ1v) is 8.59. The van der Waals surface area contributed by atoms with E-state index in [4.69, 9.17) is 4.74 Å². The van der Waals surface area contributed by atoms with E-state index in [1.807, 2.05) is 30.4 Å². The van der Waals surface area contributed by atoms with Crippen molar-refractivity contribution in [2.75, 3.05) is 38.7 Å². The number of morpholine rings is 1. The SMILES string of the molecule is CN(C)c1nccc([C@@H]2CN(C(=O)NCc3cscn3)CCO2)n1. The largest absolute Gasteiger partial charge is 0.368 e. The Kier molecular flexibility index (Phi) is 5.21. The number of nitrogens with one attached hydrogen (secondary N) is 1. The summed E-state index contributed by atoms with van der Waals surface area (Å²) >= 11 is 1.51. The summed E-state index contributed by atoms with van der Waals surface area (Å²) in [5, 5.41) is 4.81. The van der Waals surface area contributed by atoms with Crippen molar-refractivity contribution in [3.05, 3.63) is 34.5 Å². The smallest absolute Gasteiger partial charge is 0.317 e. The lowest BCUT2D eigenvalue weighted by Gasteiger charge is -2.32. The van der Waals surface area contributed by atoms with Gasteiger partial charge >= 0.3 is 6.03 Å². The summed E-state index contributed by atoms with van der Waals surface area (Å²) < 4.78 is 5.79. The number of thiazole rings is 1. The molecule has 2 aromatic rings. The van der Waals surface area contributed by atoms with E-state index < -0.39 is 0 Å². The Bertz CT molecular complexity index is 678. The van der Waals surface area contributed by atoms with Crippen molar-refractivity contribution >= 4 is 23.3 Å². The first kappa shape index (κ1) is 16.6. The first-order chi connectivity index (χ1) is 11.6. The van der Waals surface area contributed by atoms with Gasteiger partial charge in [0.2, 0.25) is 5.95 Å². The van der Waals surface area contributed by atoms with Gasteiger partial charge in [0.05, 0.1) is 36.6 Å². The van der Waals surface area contributed by atoms with Crippen LogP contribution in [0, 0.1) is 0 Å². The van der Waals surface area contributed by atoms with Crippen LogP contribution in [-0.4, -0.2) is 59.7 Å². The monoisotopic (exact) mass is 348 g/mol. The van der Waals surface area contributed by atoms with Gasteiger partial charge in [-0.15, -0.1) is 11.3 Å². The van der Waals surface area contributed by atoms with Crippen LogP contribution in [0.4, 0.5) is 10.7 Å². The molecule has 0 unspecified atom stereocenters. The molecule has 0 bridgehead atoms. The van der Waals surface area contributed by atoms with Gasteiger partial charge in [-0.05, 0) is 6.07 Å². The maximum Gasteiger partial charge on any atom is 0.317 e. The van der Waals surface area contributed by atoms with Crippen LogP contribution in [0.5, 0.6) is 0 Å². The van der Waals surface area contributed by atoms with Crippen molar-refractivity contribution in [3.8, 4) is 0 Å². The van der Waals surface area contributed by atoms with E-state index >= 15 is 0 Å². The van der Waals surface area contributed by atoms with E-state index in [2.05, 4.69) is 20.3 Å². The highest BCUT2D eigenvalue weighted by Gasteiger charge is 2.26. The highest BCUT2D eigenvalue weighted by Crippen LogP contribution is 2.21. The van der Waals surface area contributed by atoms with Crippen LogP contribution in [0.2, 0.25) is 0 Å². The van der Waals surface area contributed by atoms with E-state index in [-0.39, 0.29) is 12.1 Å². The van der Waals surface area contributed by atoms with Gasteiger partial charge in [-0.1, -0.05) is 0 Å². The van der Waals surface area contributed by atoms with Crippen LogP contribution < -0.4 is 10.2 Å². The van der Waals surface area contributed by atoms with Gasteiger partial charge in [0, 0.05) is 32.2 Å². The third kappa shape index (κ3) is 3.98. The summed E-state index contributed by atoms with van der Waals surface area (Å²) in [5.41, 5.74) is 3.40. The standard InChI is InChI=1S/C15H20N6O2S/c1-20(2)14-16-4-3-12(19-14)13-8-21(5-6-23-13)15(22)17-7-11-9-24-10-18-11/h3-4,9-10,13H,5-8H2,1-2H3,(H,17,22)/t13-/m0/s1. The number of rotatable bonds is 4. The Morgan fingerprint density at radius 2 is 2.38 bits per heavy atom. The average Bonchev–Trinajstić information content (AvgIpc) is 3.13. The molecule has 0 spiro atoms. The Labute approximate surface area is 144 Å². The summed E-state index contributed by atoms with van der Waals surface area (Å²) in [6, 6.07) is 1.71. The van der Waals surface area contributed by atoms with Crippen LogP contribution in [0.3, 0.4) is 0 Å². The van der Waals surface area contributed by atoms with Crippen molar-refractivity contribution < 1.29 is 9.53 Å². The Balaban J connectivity index is 1.61. The van der Waals surface area contributed by atoms with Crippen molar-refractivity contribution in [1.29, 1.82) is 0 Å². The van der Waals surface area contributed by atoms with Crippen LogP contribution >= 0.6 is 11.3 Å². The fourth-order valence-corrected chi connectivity index (χ4v) is 2.93. The third-order valence-electron chi connectivity index (χ3n) is 3.65. The topological polar surface area (TPSA) is 83.5 Å². The molecule has 1 aliphatic rings. The molecule has 2 amide bonds. The second-order valence-electron chi connectivity index (χ2n) is 5.62. The Morgan fingerprint density at radius 3 is 3.12 bits per heavy atom. The summed E-state index contributed by atoms with van der Waals surface area (Å²) in [6.45, 7) is 1.94. The number of ether oxygens (including phenoxy) is 1. The maximum absolute atomic E-state index is 12.3. The number of amides is 2. The van der Waals surface area contributed by atoms with Gasteiger partial charge in [0.1, 0.15) is 6.10 Å². The average molecular weight is 348 g/mol. The predicted molar refractivity (Wildman–Crippen MR) is 91.0 cm³/mol. The van der Waals surface area contributed by atoms with Crippen LogP contribution in [-0.2, 0) is 11.3 Å². The molecule has 8 nitrogen and oxygen atoms in total. The highest BCUT2D eigenvalue weighted by atomic mass is 32.1. The van der Waals surface area contributed by atoms with Crippen LogP contribution in [0.1, 0.15) is 17.5 Å². The normalized spacial score (nSPS) is 17.6. The lowest BCUT2D eigenvalue weighted by Crippen LogP contribution is -2.47. The van der Waals surface area contributed by atoms with E-state index in [0.29, 0.717) is 32.2 Å². The van der Waals surface area contributed by atoms with Crippen molar-refractivity contribution in [1.82, 2.24) is 25.2 Å². The van der Waals surface area contributed by atoms with Gasteiger partial charge in [0.25, 0.3) is 0 Å². The van der Waals surface area contributed by atoms with E-state index in [1.165, 1.54) is 11.3 Å². The molecular formula is C15H20N6O2S. The molecule has 3 rings (SSSR count). The van der Waals surface area contributed by atoms with Crippen molar-refractivity contribution in [2.45, 2.75) is 12.6 Å². The number of hydrogen-bond donors (Lipinski definition) is 1. The van der Waals surface area contributed by atoms with Gasteiger partial charge < -0.3 is 19.9 Å². The first-order valence-electron chi connectivity index (χ1n) is 7.65. The molecule has 0 aliphatic carbocycles. The molecule has 0 saturated carbocycles. The molecule has 1 N–H and O–H groups in total. The van der Waals surface area contributed by atoms with Gasteiger partial charge in [-0.3, -0.25) is 0 Å². The molecule has 2 aromatic heterocycles. The second kappa shape index (κ2) is 7.54. The molecule has 24 heavy (non-hydrogen) atoms. The molecule has 1 saturated heterocycles. The Morgan fingerprint density at radius 1 is 1.50 bits per heavy atom. The van der Waals surface area contributed by atoms with Gasteiger partial charge in [-0.25, -0.2) is 19.7 Å². The minimum atomic E-state index is -0.245. The summed E-state index contributed by atoms with van der Waals surface area (Å²) in [7, 11) is 3.78. The molecule has 0 aromatic carbocycles. The van der Waals surface area contributed by atoms with Crippen molar-refractivity contribution in [3.63, 3.8) is 0 Å². The quantitative estimate of drug-likeness (QED) is 0.896. The zero-order valence-corrected chi connectivity index (χ0v) is 14.5. The Hall–Kier alpha value is -2.26. The molecule has 1 aliphatic heterocycles. The number of urea groups is 1. The number of anilines is 1. The molecule has 128 valence electrons. The lowest BCUT2D eigenvalue weighted by molar-refractivity contribution is -0.0176. The third-order valence-corrected chi connectivity index (χ3v) is 4.29. The van der Waals surface area contributed by atoms with E-state index in [1.54, 1.807) is 16.6 Å². The zero-order valence-electron chi connectivity index (χ0n) is 13.7. The molecule has 1 fully saturated rings. The van der Waals surface area contributed by atoms with Crippen LogP contribution in [0.25, 0.3) is 0 Å². The minimum Gasteiger partial charge on any atom is -0.368 e. The fourth-order valence-electron chi connectivity index (χ4n) is 2.37. The maximum atomic E-state index is 12.3. The minimum absolute atomic E-state index is 0.113. The molecule has 9 heteroatoms. The predicted octanol–water partition coefficient (Wildman–Crippen LogP) is 1.28. The number of hydrogen-bond acceptors (Lipinski definition) is 7. The van der Waals surface area contributed by atoms with Crippen LogP contribution in [0.15, 0.2) is 23.2 Å². The molecule has 3 heterocycles. The molecular weight excluding hydrogens is 328 g/mol. The summed E-state index contributed by atoms with van der Waals surface area (Å²) in [5.74, 6) is 0.626. The number of nitrogens with zero attached hydrogens (tertiary/aromatic N) is 5. The number of carbonyl (C=O) groups is 1. The number of aromatic nitrogens is 3. The fraction of sp³-hybridized carbons (Fsp3) is 0.467. The summed E-state index contributed by atoms with van der Waals surface area (Å²) in [4.78, 5) is 28.8. The van der Waals surface area contributed by atoms with Gasteiger partial charge in [0.15, 0.2) is 0 Å². The molecule has 0 radical (unpaired) electrons. The molecule has 1 atom stereocenters. The van der Waals surface area contributed by atoms with E-state index in [0.717, 1.165) is 11.4 Å².